The Morgan fingerprint density at radius 1 is 1.17 bits per heavy atom. The van der Waals surface area contributed by atoms with Crippen LogP contribution >= 0.6 is 0 Å². The maximum Gasteiger partial charge on any atom is 0.292 e. The number of methoxy groups -OCH3 is 2. The predicted molar refractivity (Wildman–Crippen MR) is 179 cm³/mol. The van der Waals surface area contributed by atoms with Crippen molar-refractivity contribution in [2.24, 2.45) is 5.41 Å². The number of nitrogen functional groups attached to an aromatic ring is 1. The maximum absolute atomic E-state index is 14.4. The summed E-state index contributed by atoms with van der Waals surface area (Å²) in [5.74, 6) is -3.22. The number of ketones is 2. The van der Waals surface area contributed by atoms with E-state index in [9.17, 15) is 29.7 Å². The van der Waals surface area contributed by atoms with E-state index in [1.807, 2.05) is 6.92 Å². The first kappa shape index (κ1) is 35.8. The fraction of sp³-hybridized carbons (Fsp3) is 0.556. The number of aliphatic hydroxyl groups is 1. The second-order valence-corrected chi connectivity index (χ2v) is 14.5. The number of phenols is 2. The largest absolute Gasteiger partial charge is 0.507 e. The first-order valence-electron chi connectivity index (χ1n) is 17.5. The molecule has 1 amide bonds. The third-order valence-corrected chi connectivity index (χ3v) is 11.5. The van der Waals surface area contributed by atoms with Gasteiger partial charge in [-0.15, -0.1) is 0 Å². The number of ether oxygens (including phenoxy) is 6. The smallest absolute Gasteiger partial charge is 0.292 e. The molecule has 3 saturated heterocycles. The van der Waals surface area contributed by atoms with E-state index in [-0.39, 0.29) is 53.6 Å². The lowest BCUT2D eigenvalue weighted by molar-refractivity contribution is -0.256. The van der Waals surface area contributed by atoms with Crippen LogP contribution in [0.3, 0.4) is 0 Å². The minimum absolute atomic E-state index is 0.0380. The van der Waals surface area contributed by atoms with Crippen molar-refractivity contribution in [3.8, 4) is 11.5 Å². The van der Waals surface area contributed by atoms with Gasteiger partial charge in [0.1, 0.15) is 29.0 Å². The Labute approximate surface area is 303 Å². The number of hydrogen-bond donors (Lipinski definition) is 5. The van der Waals surface area contributed by atoms with Gasteiger partial charge in [-0.25, -0.2) is 4.98 Å². The van der Waals surface area contributed by atoms with Gasteiger partial charge in [0.2, 0.25) is 0 Å². The molecule has 3 aliphatic carbocycles. The third-order valence-electron chi connectivity index (χ3n) is 11.5. The van der Waals surface area contributed by atoms with Crippen LogP contribution in [0, 0.1) is 5.41 Å². The van der Waals surface area contributed by atoms with Crippen molar-refractivity contribution in [2.75, 3.05) is 33.1 Å². The summed E-state index contributed by atoms with van der Waals surface area (Å²) in [5, 5.41) is 38.7. The molecule has 0 bridgehead atoms. The minimum Gasteiger partial charge on any atom is -0.507 e. The average Bonchev–Trinajstić information content (AvgIpc) is 3.74. The second kappa shape index (κ2) is 13.0. The quantitative estimate of drug-likeness (QED) is 0.251. The van der Waals surface area contributed by atoms with E-state index >= 15 is 0 Å². The standard InChI is InChI=1S/C36H42N4O13/c1-15-29-19(40-8-9-49-32(48-4)31(40)53-29)10-22(50-15)52-20-12-36(46,33(45)38-13-16-14-39-34(37)51-16)11-17-23(20)28(43)25-24(26(17)41)27(42)18-6-5-7-21(47-3)35(18,2)30(25)44/h5-7,14-15,19-22,29,31-32,41,43,46H,8-13H2,1-4H3,(H2,37,39)(H,38,45)/t15-,19-,20-,21?,22-,29+,31+,32-,35?,36-/m0/s1. The molecule has 0 saturated carbocycles. The predicted octanol–water partition coefficient (Wildman–Crippen LogP) is 1.15. The highest BCUT2D eigenvalue weighted by Crippen LogP contribution is 2.56. The minimum atomic E-state index is -2.24. The van der Waals surface area contributed by atoms with Crippen LogP contribution in [0.5, 0.6) is 11.5 Å². The highest BCUT2D eigenvalue weighted by molar-refractivity contribution is 6.28. The number of carbonyl (C=O) groups is 3. The zero-order valence-electron chi connectivity index (χ0n) is 29.6. The number of rotatable bonds is 7. The van der Waals surface area contributed by atoms with Gasteiger partial charge in [0.05, 0.1) is 54.2 Å². The molecule has 53 heavy (non-hydrogen) atoms. The van der Waals surface area contributed by atoms with Crippen LogP contribution < -0.4 is 11.1 Å². The molecule has 0 spiro atoms. The number of allylic oxidation sites excluding steroid dienone is 2. The summed E-state index contributed by atoms with van der Waals surface area (Å²) in [6.45, 7) is 4.21. The van der Waals surface area contributed by atoms with E-state index in [1.54, 1.807) is 26.2 Å². The molecule has 3 fully saturated rings. The maximum atomic E-state index is 14.4. The molecule has 4 heterocycles. The van der Waals surface area contributed by atoms with Gasteiger partial charge >= 0.3 is 0 Å². The normalized spacial score (nSPS) is 36.2. The second-order valence-electron chi connectivity index (χ2n) is 14.5. The molecule has 0 radical (unpaired) electrons. The molecule has 17 heteroatoms. The molecular weight excluding hydrogens is 696 g/mol. The number of Topliss-reactive ketones (excluding diaryl/α,β-unsaturated/α-hetero) is 2. The van der Waals surface area contributed by atoms with E-state index in [0.29, 0.717) is 13.2 Å². The average molecular weight is 739 g/mol. The summed E-state index contributed by atoms with van der Waals surface area (Å²) in [6, 6.07) is -0.290. The van der Waals surface area contributed by atoms with Crippen molar-refractivity contribution >= 4 is 23.5 Å². The molecule has 17 nitrogen and oxygen atoms in total. The van der Waals surface area contributed by atoms with Crippen LogP contribution in [0.2, 0.25) is 0 Å². The molecule has 6 aliphatic rings. The third kappa shape index (κ3) is 5.44. The zero-order valence-corrected chi connectivity index (χ0v) is 29.6. The summed E-state index contributed by atoms with van der Waals surface area (Å²) < 4.78 is 41.3. The number of anilines is 1. The lowest BCUT2D eigenvalue weighted by Gasteiger charge is -2.44. The van der Waals surface area contributed by atoms with Crippen molar-refractivity contribution in [3.63, 3.8) is 0 Å². The highest BCUT2D eigenvalue weighted by Gasteiger charge is 2.58. The van der Waals surface area contributed by atoms with Crippen LogP contribution in [-0.2, 0) is 46.2 Å². The lowest BCUT2D eigenvalue weighted by Crippen LogP contribution is -2.55. The number of fused-ring (bicyclic) bond motifs is 6. The van der Waals surface area contributed by atoms with Crippen LogP contribution in [0.1, 0.15) is 70.4 Å². The Kier molecular flexibility index (Phi) is 8.77. The summed E-state index contributed by atoms with van der Waals surface area (Å²) >= 11 is 0. The molecule has 3 aliphatic heterocycles. The van der Waals surface area contributed by atoms with Crippen LogP contribution in [-0.4, -0.2) is 119 Å². The first-order valence-corrected chi connectivity index (χ1v) is 17.5. The van der Waals surface area contributed by atoms with E-state index in [2.05, 4.69) is 15.2 Å². The summed E-state index contributed by atoms with van der Waals surface area (Å²) in [4.78, 5) is 48.3. The van der Waals surface area contributed by atoms with Gasteiger partial charge in [0, 0.05) is 62.8 Å². The zero-order chi connectivity index (χ0) is 37.6. The number of amides is 1. The molecule has 10 atom stereocenters. The molecule has 284 valence electrons. The topological polar surface area (TPSA) is 235 Å². The van der Waals surface area contributed by atoms with E-state index in [1.165, 1.54) is 19.4 Å². The molecule has 6 N–H and O–H groups in total. The number of nitrogens with zero attached hydrogens (tertiary/aromatic N) is 2. The fourth-order valence-electron chi connectivity index (χ4n) is 8.90. The van der Waals surface area contributed by atoms with Gasteiger partial charge in [-0.3, -0.25) is 19.3 Å². The number of hydrogen-bond acceptors (Lipinski definition) is 16. The number of phenolic OH excluding ortho intramolecular Hbond substituents is 2. The number of carbonyl (C=O) groups excluding carboxylic acids is 3. The lowest BCUT2D eigenvalue weighted by atomic mass is 9.61. The molecule has 1 aromatic carbocycles. The van der Waals surface area contributed by atoms with Crippen molar-refractivity contribution in [3.05, 3.63) is 58.0 Å². The first-order chi connectivity index (χ1) is 25.3. The highest BCUT2D eigenvalue weighted by atomic mass is 16.7. The summed E-state index contributed by atoms with van der Waals surface area (Å²) in [6.07, 6.45) is 0.348. The van der Waals surface area contributed by atoms with E-state index < -0.39 is 101 Å². The Balaban J connectivity index is 1.18. The number of oxazole rings is 1. The molecule has 8 rings (SSSR count). The number of benzene rings is 1. The van der Waals surface area contributed by atoms with Gasteiger partial charge < -0.3 is 59.2 Å². The number of aromatic hydroxyl groups is 2. The van der Waals surface area contributed by atoms with Crippen molar-refractivity contribution in [2.45, 2.75) is 94.5 Å². The number of nitrogens with one attached hydrogen (secondary N) is 1. The monoisotopic (exact) mass is 738 g/mol. The van der Waals surface area contributed by atoms with Crippen molar-refractivity contribution < 1.29 is 62.5 Å². The number of morpholine rings is 1. The van der Waals surface area contributed by atoms with Crippen molar-refractivity contribution in [1.29, 1.82) is 0 Å². The van der Waals surface area contributed by atoms with Crippen LogP contribution in [0.4, 0.5) is 6.01 Å². The molecule has 2 aromatic rings. The van der Waals surface area contributed by atoms with Gasteiger partial charge in [-0.2, -0.15) is 0 Å². The molecular formula is C36H42N4O13. The van der Waals surface area contributed by atoms with E-state index in [4.69, 9.17) is 38.6 Å². The summed E-state index contributed by atoms with van der Waals surface area (Å²) in [7, 11) is 2.95. The van der Waals surface area contributed by atoms with E-state index in [0.717, 1.165) is 0 Å². The van der Waals surface area contributed by atoms with Crippen LogP contribution in [0.15, 0.2) is 34.4 Å². The number of aromatic nitrogens is 1. The van der Waals surface area contributed by atoms with Gasteiger partial charge in [0.25, 0.3) is 11.9 Å². The molecule has 2 unspecified atom stereocenters. The Hall–Kier alpha value is -4.20. The SMILES string of the molecule is COC1C=CC=C2C(=O)c3c(O)c4c(c(O)c3C(=O)C21C)[C@@H](O[C@H]1C[C@H]2[C@H](O[C@@H]3[C@@H](OC)OCCN32)[C@H](C)O1)C[C@](O)(C(=O)NCc1cnc(N)o1)C4. The number of nitrogens with two attached hydrogens (primary N) is 1. The fourth-order valence-corrected chi connectivity index (χ4v) is 8.90. The Bertz CT molecular complexity index is 1930. The molecule has 1 aromatic heterocycles. The summed E-state index contributed by atoms with van der Waals surface area (Å²) in [5.41, 5.74) is 0.891. The Morgan fingerprint density at radius 3 is 2.68 bits per heavy atom. The van der Waals surface area contributed by atoms with Crippen LogP contribution in [0.25, 0.3) is 0 Å². The van der Waals surface area contributed by atoms with Gasteiger partial charge in [-0.05, 0) is 13.8 Å². The van der Waals surface area contributed by atoms with Gasteiger partial charge in [-0.1, -0.05) is 18.2 Å². The van der Waals surface area contributed by atoms with Gasteiger partial charge in [0.15, 0.2) is 30.4 Å². The Morgan fingerprint density at radius 2 is 1.96 bits per heavy atom. The van der Waals surface area contributed by atoms with Crippen molar-refractivity contribution in [1.82, 2.24) is 15.2 Å².